The number of carboxylic acids is 1. The van der Waals surface area contributed by atoms with Crippen molar-refractivity contribution in [3.05, 3.63) is 0 Å². The van der Waals surface area contributed by atoms with Crippen molar-refractivity contribution in [1.82, 2.24) is 0 Å². The minimum Gasteiger partial charge on any atom is -0.479 e. The van der Waals surface area contributed by atoms with E-state index >= 15 is 0 Å². The van der Waals surface area contributed by atoms with Crippen LogP contribution in [0.4, 0.5) is 0 Å². The highest BCUT2D eigenvalue weighted by Crippen LogP contribution is 2.22. The summed E-state index contributed by atoms with van der Waals surface area (Å²) in [4.78, 5) is 10.7. The van der Waals surface area contributed by atoms with Crippen LogP contribution in [0.2, 0.25) is 0 Å². The van der Waals surface area contributed by atoms with Gasteiger partial charge in [-0.15, -0.1) is 0 Å². The van der Waals surface area contributed by atoms with Crippen LogP contribution in [-0.4, -0.2) is 63.0 Å². The summed E-state index contributed by atoms with van der Waals surface area (Å²) in [5, 5.41) is 36.9. The van der Waals surface area contributed by atoms with Crippen molar-refractivity contribution in [3.63, 3.8) is 0 Å². The monoisotopic (exact) mass is 221 g/mol. The summed E-state index contributed by atoms with van der Waals surface area (Å²) in [6, 6.07) is -0.649. The van der Waals surface area contributed by atoms with Crippen LogP contribution in [0.25, 0.3) is 0 Å². The smallest absolute Gasteiger partial charge is 0.335 e. The number of hydrogen-bond donors (Lipinski definition) is 5. The quantitative estimate of drug-likeness (QED) is 0.342. The third-order valence-electron chi connectivity index (χ3n) is 2.41. The van der Waals surface area contributed by atoms with Gasteiger partial charge in [-0.2, -0.15) is 0 Å². The Morgan fingerprint density at radius 3 is 2.20 bits per heavy atom. The van der Waals surface area contributed by atoms with Crippen LogP contribution in [0.5, 0.6) is 0 Å². The second-order valence-electron chi connectivity index (χ2n) is 3.69. The zero-order chi connectivity index (χ0) is 11.7. The lowest BCUT2D eigenvalue weighted by Gasteiger charge is -2.40. The molecule has 0 aromatic heterocycles. The molecule has 0 saturated carbocycles. The van der Waals surface area contributed by atoms with E-state index in [2.05, 4.69) is 0 Å². The third kappa shape index (κ3) is 2.27. The maximum Gasteiger partial charge on any atom is 0.335 e. The number of nitrogens with two attached hydrogens (primary N) is 1. The molecule has 7 heteroatoms. The van der Waals surface area contributed by atoms with Gasteiger partial charge < -0.3 is 30.9 Å². The van der Waals surface area contributed by atoms with E-state index in [0.717, 1.165) is 0 Å². The molecule has 15 heavy (non-hydrogen) atoms. The summed E-state index contributed by atoms with van der Waals surface area (Å²) < 4.78 is 4.92. The lowest BCUT2D eigenvalue weighted by atomic mass is 9.92. The number of hydrogen-bond acceptors (Lipinski definition) is 6. The largest absolute Gasteiger partial charge is 0.479 e. The normalized spacial score (nSPS) is 43.7. The molecule has 0 spiro atoms. The van der Waals surface area contributed by atoms with E-state index in [0.29, 0.717) is 0 Å². The van der Waals surface area contributed by atoms with E-state index in [4.69, 9.17) is 15.6 Å². The number of rotatable bonds is 2. The summed E-state index contributed by atoms with van der Waals surface area (Å²) in [5.41, 5.74) is 5.46. The van der Waals surface area contributed by atoms with Gasteiger partial charge in [0.1, 0.15) is 24.4 Å². The van der Waals surface area contributed by atoms with E-state index in [9.17, 15) is 20.1 Å². The highest BCUT2D eigenvalue weighted by Gasteiger charge is 2.47. The summed E-state index contributed by atoms with van der Waals surface area (Å²) in [7, 11) is 0. The predicted molar refractivity (Wildman–Crippen MR) is 48.0 cm³/mol. The topological polar surface area (TPSA) is 133 Å². The molecule has 0 aromatic carbocycles. The molecule has 6 atom stereocenters. The van der Waals surface area contributed by atoms with Crippen molar-refractivity contribution >= 4 is 5.97 Å². The second-order valence-corrected chi connectivity index (χ2v) is 3.69. The first kappa shape index (κ1) is 12.3. The van der Waals surface area contributed by atoms with Crippen LogP contribution >= 0.6 is 0 Å². The SMILES string of the molecule is C[C@@H](N)[C@@H]1O[C@H](C(=O)O)[C@@H](O)[C@H](O)[C@H]1O. The van der Waals surface area contributed by atoms with Crippen molar-refractivity contribution in [2.24, 2.45) is 5.73 Å². The van der Waals surface area contributed by atoms with E-state index in [1.54, 1.807) is 0 Å². The molecule has 0 bridgehead atoms. The Morgan fingerprint density at radius 2 is 1.80 bits per heavy atom. The lowest BCUT2D eigenvalue weighted by molar-refractivity contribution is -0.230. The molecule has 0 radical (unpaired) electrons. The highest BCUT2D eigenvalue weighted by atomic mass is 16.6. The maximum absolute atomic E-state index is 10.7. The van der Waals surface area contributed by atoms with Gasteiger partial charge in [-0.1, -0.05) is 0 Å². The first-order valence-electron chi connectivity index (χ1n) is 4.54. The Balaban J connectivity index is 2.85. The fourth-order valence-corrected chi connectivity index (χ4v) is 1.54. The van der Waals surface area contributed by atoms with Crippen LogP contribution in [0.3, 0.4) is 0 Å². The average molecular weight is 221 g/mol. The van der Waals surface area contributed by atoms with Gasteiger partial charge in [0.2, 0.25) is 0 Å². The van der Waals surface area contributed by atoms with Crippen LogP contribution < -0.4 is 5.73 Å². The summed E-state index contributed by atoms with van der Waals surface area (Å²) in [5.74, 6) is -1.40. The number of carboxylic acid groups (broad SMARTS) is 1. The number of aliphatic hydroxyl groups excluding tert-OH is 3. The summed E-state index contributed by atoms with van der Waals surface area (Å²) in [6.45, 7) is 1.51. The van der Waals surface area contributed by atoms with Gasteiger partial charge in [0.05, 0.1) is 0 Å². The Hall–Kier alpha value is -0.730. The molecule has 0 unspecified atom stereocenters. The molecule has 1 aliphatic heterocycles. The summed E-state index contributed by atoms with van der Waals surface area (Å²) in [6.07, 6.45) is -7.21. The highest BCUT2D eigenvalue weighted by molar-refractivity contribution is 5.73. The molecule has 88 valence electrons. The minimum atomic E-state index is -1.66. The fourth-order valence-electron chi connectivity index (χ4n) is 1.54. The average Bonchev–Trinajstić information content (AvgIpc) is 2.13. The fraction of sp³-hybridized carbons (Fsp3) is 0.875. The molecular formula is C8H15NO6. The van der Waals surface area contributed by atoms with Crippen molar-refractivity contribution in [1.29, 1.82) is 0 Å². The first-order chi connectivity index (χ1) is 6.86. The van der Waals surface area contributed by atoms with Gasteiger partial charge in [-0.05, 0) is 6.92 Å². The van der Waals surface area contributed by atoms with E-state index < -0.39 is 42.5 Å². The third-order valence-corrected chi connectivity index (χ3v) is 2.41. The molecule has 1 rings (SSSR count). The number of aliphatic carboxylic acids is 1. The molecule has 0 aliphatic carbocycles. The zero-order valence-electron chi connectivity index (χ0n) is 8.15. The van der Waals surface area contributed by atoms with E-state index in [1.807, 2.05) is 0 Å². The van der Waals surface area contributed by atoms with Crippen LogP contribution in [0, 0.1) is 0 Å². The van der Waals surface area contributed by atoms with Gasteiger partial charge in [0, 0.05) is 6.04 Å². The zero-order valence-corrected chi connectivity index (χ0v) is 8.15. The van der Waals surface area contributed by atoms with Gasteiger partial charge in [0.15, 0.2) is 6.10 Å². The Morgan fingerprint density at radius 1 is 1.27 bits per heavy atom. The van der Waals surface area contributed by atoms with Gasteiger partial charge in [-0.25, -0.2) is 4.79 Å². The van der Waals surface area contributed by atoms with Crippen molar-refractivity contribution in [2.45, 2.75) is 43.5 Å². The number of carbonyl (C=O) groups is 1. The second kappa shape index (κ2) is 4.42. The molecule has 1 saturated heterocycles. The summed E-state index contributed by atoms with van der Waals surface area (Å²) >= 11 is 0. The van der Waals surface area contributed by atoms with Crippen LogP contribution in [-0.2, 0) is 9.53 Å². The molecule has 0 aromatic rings. The van der Waals surface area contributed by atoms with Crippen molar-refractivity contribution in [2.75, 3.05) is 0 Å². The minimum absolute atomic E-state index is 0.649. The maximum atomic E-state index is 10.7. The Labute approximate surface area is 86.1 Å². The number of ether oxygens (including phenoxy) is 1. The number of aliphatic hydroxyl groups is 3. The Bertz CT molecular complexity index is 245. The van der Waals surface area contributed by atoms with Crippen molar-refractivity contribution < 1.29 is 30.0 Å². The molecule has 1 aliphatic rings. The van der Waals surface area contributed by atoms with Crippen molar-refractivity contribution in [3.8, 4) is 0 Å². The van der Waals surface area contributed by atoms with E-state index in [1.165, 1.54) is 6.92 Å². The Kier molecular flexibility index (Phi) is 3.63. The standard InChI is InChI=1S/C8H15NO6/c1-2(9)6-4(11)3(10)5(12)7(15-6)8(13)14/h2-7,10-12H,9H2,1H3,(H,13,14)/t2-,3-,4-,5+,6+,7+/m1/s1. The molecule has 7 nitrogen and oxygen atoms in total. The molecule has 0 amide bonds. The van der Waals surface area contributed by atoms with Gasteiger partial charge >= 0.3 is 5.97 Å². The van der Waals surface area contributed by atoms with Gasteiger partial charge in [-0.3, -0.25) is 0 Å². The van der Waals surface area contributed by atoms with Crippen LogP contribution in [0.15, 0.2) is 0 Å². The predicted octanol–water partition coefficient (Wildman–Crippen LogP) is -2.73. The van der Waals surface area contributed by atoms with Gasteiger partial charge in [0.25, 0.3) is 0 Å². The molecule has 6 N–H and O–H groups in total. The first-order valence-corrected chi connectivity index (χ1v) is 4.54. The van der Waals surface area contributed by atoms with Crippen LogP contribution in [0.1, 0.15) is 6.92 Å². The lowest BCUT2D eigenvalue weighted by Crippen LogP contribution is -2.63. The molecule has 1 fully saturated rings. The molecule has 1 heterocycles. The van der Waals surface area contributed by atoms with E-state index in [-0.39, 0.29) is 0 Å². The molecular weight excluding hydrogens is 206 g/mol.